The molecule has 0 aromatic rings. The first-order chi connectivity index (χ1) is 4.88. The van der Waals surface area contributed by atoms with Crippen LogP contribution in [0.4, 0.5) is 0 Å². The topological polar surface area (TPSA) is 38.7 Å². The molecule has 0 unspecified atom stereocenters. The van der Waals surface area contributed by atoms with Gasteiger partial charge in [-0.3, -0.25) is 0 Å². The second-order valence-corrected chi connectivity index (χ2v) is 2.92. The van der Waals surface area contributed by atoms with E-state index < -0.39 is 0 Å². The van der Waals surface area contributed by atoms with Gasteiger partial charge in [-0.1, -0.05) is 0 Å². The minimum atomic E-state index is -0.193. The molecule has 3 heteroatoms. The minimum absolute atomic E-state index is 0.108. The zero-order chi connectivity index (χ0) is 6.97. The van der Waals surface area contributed by atoms with Crippen LogP contribution >= 0.6 is 0 Å². The standard InChI is InChI=1S/C7H12O3/c8-6-2-4-10-7-5(6)1-3-9-7/h5-8H,1-4H2/t5-,6-,7+/m1/s1. The molecule has 2 rings (SSSR count). The molecule has 2 saturated heterocycles. The van der Waals surface area contributed by atoms with E-state index in [0.717, 1.165) is 19.4 Å². The van der Waals surface area contributed by atoms with Gasteiger partial charge in [0.1, 0.15) is 0 Å². The fourth-order valence-corrected chi connectivity index (χ4v) is 1.64. The molecule has 0 spiro atoms. The molecule has 0 bridgehead atoms. The number of aliphatic hydroxyl groups is 1. The third-order valence-corrected chi connectivity index (χ3v) is 2.27. The molecule has 2 aliphatic rings. The van der Waals surface area contributed by atoms with Gasteiger partial charge in [-0.05, 0) is 12.8 Å². The summed E-state index contributed by atoms with van der Waals surface area (Å²) in [6.07, 6.45) is 1.42. The molecule has 2 fully saturated rings. The van der Waals surface area contributed by atoms with Crippen LogP contribution in [-0.2, 0) is 9.47 Å². The summed E-state index contributed by atoms with van der Waals surface area (Å²) in [7, 11) is 0. The van der Waals surface area contributed by atoms with Crippen LogP contribution in [0, 0.1) is 5.92 Å². The predicted molar refractivity (Wildman–Crippen MR) is 34.4 cm³/mol. The first-order valence-corrected chi connectivity index (χ1v) is 3.79. The van der Waals surface area contributed by atoms with E-state index in [9.17, 15) is 5.11 Å². The van der Waals surface area contributed by atoms with Gasteiger partial charge >= 0.3 is 0 Å². The first-order valence-electron chi connectivity index (χ1n) is 3.79. The van der Waals surface area contributed by atoms with Crippen LogP contribution in [0.1, 0.15) is 12.8 Å². The van der Waals surface area contributed by atoms with Crippen molar-refractivity contribution in [2.45, 2.75) is 25.2 Å². The summed E-state index contributed by atoms with van der Waals surface area (Å²) in [5.41, 5.74) is 0. The van der Waals surface area contributed by atoms with Gasteiger partial charge in [-0.25, -0.2) is 0 Å². The van der Waals surface area contributed by atoms with Crippen LogP contribution in [0.3, 0.4) is 0 Å². The highest BCUT2D eigenvalue weighted by atomic mass is 16.7. The zero-order valence-corrected chi connectivity index (χ0v) is 5.82. The largest absolute Gasteiger partial charge is 0.393 e. The lowest BCUT2D eigenvalue weighted by Crippen LogP contribution is -2.36. The van der Waals surface area contributed by atoms with Gasteiger partial charge in [-0.2, -0.15) is 0 Å². The summed E-state index contributed by atoms with van der Waals surface area (Å²) >= 11 is 0. The second kappa shape index (κ2) is 2.49. The van der Waals surface area contributed by atoms with Crippen molar-refractivity contribution >= 4 is 0 Å². The molecule has 0 saturated carbocycles. The molecule has 0 aliphatic carbocycles. The van der Waals surface area contributed by atoms with Crippen molar-refractivity contribution in [2.24, 2.45) is 5.92 Å². The monoisotopic (exact) mass is 144 g/mol. The van der Waals surface area contributed by atoms with E-state index in [1.807, 2.05) is 0 Å². The maximum Gasteiger partial charge on any atom is 0.162 e. The van der Waals surface area contributed by atoms with Gasteiger partial charge in [-0.15, -0.1) is 0 Å². The van der Waals surface area contributed by atoms with Crippen LogP contribution in [0.2, 0.25) is 0 Å². The summed E-state index contributed by atoms with van der Waals surface area (Å²) in [6, 6.07) is 0. The number of aliphatic hydroxyl groups excluding tert-OH is 1. The van der Waals surface area contributed by atoms with Gasteiger partial charge < -0.3 is 14.6 Å². The molecule has 2 heterocycles. The molecule has 3 atom stereocenters. The maximum atomic E-state index is 9.42. The molecule has 0 amide bonds. The average molecular weight is 144 g/mol. The van der Waals surface area contributed by atoms with Crippen molar-refractivity contribution in [1.29, 1.82) is 0 Å². The highest BCUT2D eigenvalue weighted by Gasteiger charge is 2.37. The molecule has 10 heavy (non-hydrogen) atoms. The molecule has 0 aromatic heterocycles. The van der Waals surface area contributed by atoms with Gasteiger partial charge in [0.2, 0.25) is 0 Å². The zero-order valence-electron chi connectivity index (χ0n) is 5.82. The number of hydrogen-bond acceptors (Lipinski definition) is 3. The van der Waals surface area contributed by atoms with Gasteiger partial charge in [0, 0.05) is 5.92 Å². The Hall–Kier alpha value is -0.120. The lowest BCUT2D eigenvalue weighted by Gasteiger charge is -2.28. The molecular weight excluding hydrogens is 132 g/mol. The van der Waals surface area contributed by atoms with Crippen molar-refractivity contribution < 1.29 is 14.6 Å². The van der Waals surface area contributed by atoms with Gasteiger partial charge in [0.15, 0.2) is 6.29 Å². The lowest BCUT2D eigenvalue weighted by atomic mass is 9.96. The Kier molecular flexibility index (Phi) is 1.64. The first kappa shape index (κ1) is 6.58. The molecular formula is C7H12O3. The number of hydrogen-bond donors (Lipinski definition) is 1. The van der Waals surface area contributed by atoms with Crippen molar-refractivity contribution in [2.75, 3.05) is 13.2 Å². The van der Waals surface area contributed by atoms with E-state index >= 15 is 0 Å². The summed E-state index contributed by atoms with van der Waals surface area (Å²) in [6.45, 7) is 1.38. The third-order valence-electron chi connectivity index (χ3n) is 2.27. The molecule has 2 aliphatic heterocycles. The van der Waals surface area contributed by atoms with Crippen molar-refractivity contribution in [3.8, 4) is 0 Å². The Balaban J connectivity index is 2.03. The van der Waals surface area contributed by atoms with Crippen LogP contribution in [-0.4, -0.2) is 30.7 Å². The molecule has 1 N–H and O–H groups in total. The van der Waals surface area contributed by atoms with E-state index in [1.165, 1.54) is 0 Å². The summed E-state index contributed by atoms with van der Waals surface area (Å²) < 4.78 is 10.5. The highest BCUT2D eigenvalue weighted by molar-refractivity contribution is 4.80. The minimum Gasteiger partial charge on any atom is -0.393 e. The van der Waals surface area contributed by atoms with E-state index in [-0.39, 0.29) is 18.3 Å². The third kappa shape index (κ3) is 0.944. The van der Waals surface area contributed by atoms with Gasteiger partial charge in [0.05, 0.1) is 19.3 Å². The average Bonchev–Trinajstić information content (AvgIpc) is 2.36. The van der Waals surface area contributed by atoms with Crippen molar-refractivity contribution in [1.82, 2.24) is 0 Å². The normalized spacial score (nSPS) is 47.1. The Morgan fingerprint density at radius 1 is 1.10 bits per heavy atom. The summed E-state index contributed by atoms with van der Waals surface area (Å²) in [5, 5.41) is 9.42. The molecule has 58 valence electrons. The van der Waals surface area contributed by atoms with Crippen LogP contribution in [0.25, 0.3) is 0 Å². The quantitative estimate of drug-likeness (QED) is 0.525. The second-order valence-electron chi connectivity index (χ2n) is 2.92. The van der Waals surface area contributed by atoms with E-state index in [0.29, 0.717) is 6.61 Å². The van der Waals surface area contributed by atoms with Crippen LogP contribution in [0.15, 0.2) is 0 Å². The summed E-state index contributed by atoms with van der Waals surface area (Å²) in [4.78, 5) is 0. The maximum absolute atomic E-state index is 9.42. The number of rotatable bonds is 0. The van der Waals surface area contributed by atoms with Crippen LogP contribution in [0.5, 0.6) is 0 Å². The Morgan fingerprint density at radius 2 is 1.80 bits per heavy atom. The number of fused-ring (bicyclic) bond motifs is 1. The Bertz CT molecular complexity index is 126. The van der Waals surface area contributed by atoms with E-state index in [1.54, 1.807) is 0 Å². The van der Waals surface area contributed by atoms with Crippen LogP contribution < -0.4 is 0 Å². The Labute approximate surface area is 59.9 Å². The predicted octanol–water partition coefficient (Wildman–Crippen LogP) is 0.130. The smallest absolute Gasteiger partial charge is 0.162 e. The SMILES string of the molecule is O[C@@H]1CCO[C@@H]2OCC[C@@H]21. The molecule has 0 radical (unpaired) electrons. The fraction of sp³-hybridized carbons (Fsp3) is 1.00. The van der Waals surface area contributed by atoms with E-state index in [2.05, 4.69) is 0 Å². The Morgan fingerprint density at radius 3 is 2.50 bits per heavy atom. The summed E-state index contributed by atoms with van der Waals surface area (Å²) in [5.74, 6) is 0.244. The fourth-order valence-electron chi connectivity index (χ4n) is 1.64. The lowest BCUT2D eigenvalue weighted by molar-refractivity contribution is -0.179. The highest BCUT2D eigenvalue weighted by Crippen LogP contribution is 2.30. The molecule has 0 aromatic carbocycles. The van der Waals surface area contributed by atoms with E-state index in [4.69, 9.17) is 9.47 Å². The van der Waals surface area contributed by atoms with Gasteiger partial charge in [0.25, 0.3) is 0 Å². The van der Waals surface area contributed by atoms with Crippen molar-refractivity contribution in [3.05, 3.63) is 0 Å². The molecule has 3 nitrogen and oxygen atoms in total. The number of ether oxygens (including phenoxy) is 2. The van der Waals surface area contributed by atoms with Crippen molar-refractivity contribution in [3.63, 3.8) is 0 Å².